The number of rotatable bonds is 3. The summed E-state index contributed by atoms with van der Waals surface area (Å²) in [6.45, 7) is 0. The van der Waals surface area contributed by atoms with Gasteiger partial charge in [0.25, 0.3) is 0 Å². The molecule has 1 aliphatic carbocycles. The summed E-state index contributed by atoms with van der Waals surface area (Å²) < 4.78 is 40.2. The topological polar surface area (TPSA) is 56.0 Å². The van der Waals surface area contributed by atoms with Crippen LogP contribution in [-0.4, -0.2) is 10.9 Å². The molecule has 3 aromatic rings. The van der Waals surface area contributed by atoms with Crippen molar-refractivity contribution >= 4 is 16.8 Å². The summed E-state index contributed by atoms with van der Waals surface area (Å²) in [5.74, 6) is -0.582. The molecule has 1 saturated carbocycles. The number of hydrogen-bond donors (Lipinski definition) is 1. The van der Waals surface area contributed by atoms with Gasteiger partial charge in [-0.1, -0.05) is 24.3 Å². The van der Waals surface area contributed by atoms with Crippen molar-refractivity contribution in [3.8, 4) is 0 Å². The van der Waals surface area contributed by atoms with Crippen LogP contribution in [0, 0.1) is 0 Å². The van der Waals surface area contributed by atoms with Crippen LogP contribution >= 0.6 is 0 Å². The third-order valence-corrected chi connectivity index (χ3v) is 5.02. The summed E-state index contributed by atoms with van der Waals surface area (Å²) in [4.78, 5) is 16.0. The molecule has 1 amide bonds. The van der Waals surface area contributed by atoms with Gasteiger partial charge in [0.1, 0.15) is 0 Å². The van der Waals surface area contributed by atoms with E-state index in [4.69, 9.17) is 5.73 Å². The molecule has 0 bridgehead atoms. The highest BCUT2D eigenvalue weighted by Gasteiger charge is 2.49. The minimum Gasteiger partial charge on any atom is -0.366 e. The van der Waals surface area contributed by atoms with Crippen molar-refractivity contribution in [1.82, 2.24) is 4.98 Å². The quantitative estimate of drug-likeness (QED) is 0.755. The van der Waals surface area contributed by atoms with E-state index in [9.17, 15) is 18.0 Å². The molecule has 2 N–H and O–H groups in total. The molecule has 1 fully saturated rings. The van der Waals surface area contributed by atoms with E-state index in [0.717, 1.165) is 6.07 Å². The minimum atomic E-state index is -4.47. The molecule has 4 rings (SSSR count). The number of hydrogen-bond acceptors (Lipinski definition) is 2. The molecule has 6 heteroatoms. The van der Waals surface area contributed by atoms with E-state index < -0.39 is 23.1 Å². The van der Waals surface area contributed by atoms with Crippen molar-refractivity contribution in [3.05, 3.63) is 77.0 Å². The lowest BCUT2D eigenvalue weighted by atomic mass is 9.82. The Labute approximate surface area is 147 Å². The number of pyridine rings is 1. The smallest absolute Gasteiger partial charge is 0.366 e. The van der Waals surface area contributed by atoms with E-state index in [-0.39, 0.29) is 0 Å². The number of alkyl halides is 3. The van der Waals surface area contributed by atoms with Gasteiger partial charge in [-0.3, -0.25) is 9.78 Å². The predicted molar refractivity (Wildman–Crippen MR) is 91.7 cm³/mol. The molecule has 1 aliphatic rings. The Kier molecular flexibility index (Phi) is 3.54. The van der Waals surface area contributed by atoms with Crippen LogP contribution in [0.25, 0.3) is 10.9 Å². The molecule has 1 aromatic heterocycles. The average molecular weight is 356 g/mol. The molecular formula is C20H15F3N2O. The Bertz CT molecular complexity index is 1020. The van der Waals surface area contributed by atoms with Crippen molar-refractivity contribution in [1.29, 1.82) is 0 Å². The van der Waals surface area contributed by atoms with Gasteiger partial charge in [-0.15, -0.1) is 0 Å². The van der Waals surface area contributed by atoms with Crippen LogP contribution < -0.4 is 5.73 Å². The number of carbonyl (C=O) groups excluding carboxylic acids is 1. The predicted octanol–water partition coefficient (Wildman–Crippen LogP) is 4.43. The van der Waals surface area contributed by atoms with Crippen LogP contribution in [0.5, 0.6) is 0 Å². The first-order valence-corrected chi connectivity index (χ1v) is 8.19. The van der Waals surface area contributed by atoms with Gasteiger partial charge in [-0.2, -0.15) is 13.2 Å². The molecule has 2 aromatic carbocycles. The second-order valence-electron chi connectivity index (χ2n) is 6.58. The molecule has 1 heterocycles. The number of nitrogens with zero attached hydrogens (tertiary/aromatic N) is 1. The van der Waals surface area contributed by atoms with Gasteiger partial charge < -0.3 is 5.73 Å². The Morgan fingerprint density at radius 3 is 2.42 bits per heavy atom. The van der Waals surface area contributed by atoms with Crippen LogP contribution in [0.15, 0.2) is 54.7 Å². The van der Waals surface area contributed by atoms with Crippen LogP contribution in [0.2, 0.25) is 0 Å². The molecule has 0 spiro atoms. The maximum absolute atomic E-state index is 13.4. The van der Waals surface area contributed by atoms with E-state index in [2.05, 4.69) is 4.98 Å². The number of aromatic nitrogens is 1. The van der Waals surface area contributed by atoms with Crippen molar-refractivity contribution in [2.45, 2.75) is 24.4 Å². The lowest BCUT2D eigenvalue weighted by Crippen LogP contribution is -2.20. The largest absolute Gasteiger partial charge is 0.416 e. The standard InChI is InChI=1S/C20H15F3N2O/c21-20(22,23)12-10-16(13-5-3-9-25-17(13)11-12)19(7-8-19)15-6-2-1-4-14(15)18(24)26/h1-6,9-11H,7-8H2,(H2,24,26). The Hall–Kier alpha value is -2.89. The summed E-state index contributed by atoms with van der Waals surface area (Å²) in [7, 11) is 0. The molecule has 26 heavy (non-hydrogen) atoms. The van der Waals surface area contributed by atoms with E-state index in [1.165, 1.54) is 12.3 Å². The fourth-order valence-corrected chi connectivity index (χ4v) is 3.67. The summed E-state index contributed by atoms with van der Waals surface area (Å²) in [5.41, 5.74) is 5.98. The summed E-state index contributed by atoms with van der Waals surface area (Å²) in [6, 6.07) is 12.6. The third kappa shape index (κ3) is 2.53. The number of carbonyl (C=O) groups is 1. The van der Waals surface area contributed by atoms with Gasteiger partial charge in [0.15, 0.2) is 0 Å². The fraction of sp³-hybridized carbons (Fsp3) is 0.200. The Morgan fingerprint density at radius 1 is 1.04 bits per heavy atom. The Morgan fingerprint density at radius 2 is 1.77 bits per heavy atom. The zero-order valence-corrected chi connectivity index (χ0v) is 13.7. The van der Waals surface area contributed by atoms with Crippen LogP contribution in [0.3, 0.4) is 0 Å². The molecule has 3 nitrogen and oxygen atoms in total. The first-order valence-electron chi connectivity index (χ1n) is 8.19. The average Bonchev–Trinajstić information content (AvgIpc) is 3.41. The maximum atomic E-state index is 13.4. The summed E-state index contributed by atoms with van der Waals surface area (Å²) in [5, 5.41) is 0.664. The second kappa shape index (κ2) is 5.56. The van der Waals surface area contributed by atoms with Crippen molar-refractivity contribution in [2.75, 3.05) is 0 Å². The highest BCUT2D eigenvalue weighted by molar-refractivity contribution is 5.96. The molecule has 0 atom stereocenters. The molecular weight excluding hydrogens is 341 g/mol. The second-order valence-corrected chi connectivity index (χ2v) is 6.58. The van der Waals surface area contributed by atoms with Gasteiger partial charge in [0, 0.05) is 22.6 Å². The lowest BCUT2D eigenvalue weighted by molar-refractivity contribution is -0.137. The number of amides is 1. The van der Waals surface area contributed by atoms with E-state index in [1.807, 2.05) is 0 Å². The number of nitrogens with two attached hydrogens (primary N) is 1. The van der Waals surface area contributed by atoms with Crippen molar-refractivity contribution in [2.24, 2.45) is 5.73 Å². The zero-order valence-electron chi connectivity index (χ0n) is 13.7. The third-order valence-electron chi connectivity index (χ3n) is 5.02. The molecule has 132 valence electrons. The summed E-state index contributed by atoms with van der Waals surface area (Å²) in [6.07, 6.45) is -1.69. The number of halogens is 3. The van der Waals surface area contributed by atoms with E-state index in [1.54, 1.807) is 36.4 Å². The zero-order chi connectivity index (χ0) is 18.5. The van der Waals surface area contributed by atoms with Crippen molar-refractivity contribution < 1.29 is 18.0 Å². The highest BCUT2D eigenvalue weighted by atomic mass is 19.4. The number of benzene rings is 2. The monoisotopic (exact) mass is 356 g/mol. The van der Waals surface area contributed by atoms with E-state index >= 15 is 0 Å². The minimum absolute atomic E-state index is 0.292. The Balaban J connectivity index is 2.01. The maximum Gasteiger partial charge on any atom is 0.416 e. The summed E-state index contributed by atoms with van der Waals surface area (Å²) >= 11 is 0. The van der Waals surface area contributed by atoms with Crippen LogP contribution in [0.1, 0.15) is 39.9 Å². The van der Waals surface area contributed by atoms with Gasteiger partial charge in [0.05, 0.1) is 11.1 Å². The molecule has 0 radical (unpaired) electrons. The lowest BCUT2D eigenvalue weighted by Gasteiger charge is -2.22. The molecule has 0 unspecified atom stereocenters. The van der Waals surface area contributed by atoms with Crippen LogP contribution in [-0.2, 0) is 11.6 Å². The van der Waals surface area contributed by atoms with Gasteiger partial charge in [0.2, 0.25) is 5.91 Å². The highest BCUT2D eigenvalue weighted by Crippen LogP contribution is 2.56. The first-order chi connectivity index (χ1) is 12.3. The van der Waals surface area contributed by atoms with Gasteiger partial charge in [-0.25, -0.2) is 0 Å². The normalized spacial score (nSPS) is 15.8. The first kappa shape index (κ1) is 16.6. The fourth-order valence-electron chi connectivity index (χ4n) is 3.67. The number of fused-ring (bicyclic) bond motifs is 1. The SMILES string of the molecule is NC(=O)c1ccccc1C1(c2cc(C(F)(F)F)cc3ncccc23)CC1. The van der Waals surface area contributed by atoms with Gasteiger partial charge in [-0.05, 0) is 48.2 Å². The number of primary amides is 1. The molecule has 0 saturated heterocycles. The van der Waals surface area contributed by atoms with Crippen molar-refractivity contribution in [3.63, 3.8) is 0 Å². The van der Waals surface area contributed by atoms with Crippen LogP contribution in [0.4, 0.5) is 13.2 Å². The molecule has 0 aliphatic heterocycles. The van der Waals surface area contributed by atoms with E-state index in [0.29, 0.717) is 40.4 Å². The van der Waals surface area contributed by atoms with Gasteiger partial charge >= 0.3 is 6.18 Å².